The van der Waals surface area contributed by atoms with E-state index in [1.54, 1.807) is 0 Å². The molecule has 7 heteroatoms. The molecular weight excluding hydrogens is 236 g/mol. The fourth-order valence-electron chi connectivity index (χ4n) is 1.89. The maximum atomic E-state index is 9.14. The number of aliphatic hydroxyl groups excluding tert-OH is 1. The minimum atomic E-state index is 0.0623. The number of rotatable bonds is 6. The second-order valence-corrected chi connectivity index (χ2v) is 4.11. The number of nitrogens with zero attached hydrogens (tertiary/aromatic N) is 4. The molecule has 1 N–H and O–H groups in total. The molecule has 1 aromatic heterocycles. The number of aromatic nitrogens is 3. The summed E-state index contributed by atoms with van der Waals surface area (Å²) in [5.74, 6) is 0.498. The van der Waals surface area contributed by atoms with Crippen molar-refractivity contribution in [2.24, 2.45) is 0 Å². The largest absolute Gasteiger partial charge is 0.467 e. The Balaban J connectivity index is 2.26. The minimum absolute atomic E-state index is 0.0623. The second-order valence-electron chi connectivity index (χ2n) is 4.11. The highest BCUT2D eigenvalue weighted by atomic mass is 16.5. The summed E-state index contributed by atoms with van der Waals surface area (Å²) in [5, 5.41) is 9.14. The monoisotopic (exact) mass is 254 g/mol. The van der Waals surface area contributed by atoms with Crippen LogP contribution in [0.3, 0.4) is 0 Å². The van der Waals surface area contributed by atoms with Crippen LogP contribution in [0.4, 0.5) is 5.95 Å². The molecule has 0 radical (unpaired) electrons. The molecule has 100 valence electrons. The van der Waals surface area contributed by atoms with Gasteiger partial charge in [0.15, 0.2) is 0 Å². The van der Waals surface area contributed by atoms with E-state index >= 15 is 0 Å². The van der Waals surface area contributed by atoms with Crippen molar-refractivity contribution in [3.8, 4) is 12.0 Å². The molecule has 0 aliphatic heterocycles. The van der Waals surface area contributed by atoms with Crippen LogP contribution < -0.4 is 14.4 Å². The van der Waals surface area contributed by atoms with Gasteiger partial charge in [-0.2, -0.15) is 9.97 Å². The number of aliphatic hydroxyl groups is 1. The summed E-state index contributed by atoms with van der Waals surface area (Å²) in [4.78, 5) is 14.4. The Morgan fingerprint density at radius 2 is 1.78 bits per heavy atom. The summed E-state index contributed by atoms with van der Waals surface area (Å²) < 4.78 is 10.1. The molecule has 1 aromatic rings. The van der Waals surface area contributed by atoms with Gasteiger partial charge in [0.25, 0.3) is 0 Å². The Morgan fingerprint density at radius 1 is 1.17 bits per heavy atom. The van der Waals surface area contributed by atoms with Crippen molar-refractivity contribution in [3.05, 3.63) is 0 Å². The van der Waals surface area contributed by atoms with Crippen molar-refractivity contribution in [1.82, 2.24) is 15.0 Å². The van der Waals surface area contributed by atoms with E-state index in [1.165, 1.54) is 20.6 Å². The molecule has 0 amide bonds. The second kappa shape index (κ2) is 5.81. The molecule has 1 saturated carbocycles. The summed E-state index contributed by atoms with van der Waals surface area (Å²) >= 11 is 0. The van der Waals surface area contributed by atoms with Gasteiger partial charge >= 0.3 is 12.0 Å². The molecule has 2 rings (SSSR count). The highest BCUT2D eigenvalue weighted by molar-refractivity contribution is 5.34. The predicted molar refractivity (Wildman–Crippen MR) is 65.0 cm³/mol. The molecule has 18 heavy (non-hydrogen) atoms. The van der Waals surface area contributed by atoms with Crippen molar-refractivity contribution in [3.63, 3.8) is 0 Å². The first-order valence-corrected chi connectivity index (χ1v) is 6.00. The normalized spacial score (nSPS) is 15.1. The first-order valence-electron chi connectivity index (χ1n) is 6.00. The highest BCUT2D eigenvalue weighted by Crippen LogP contribution is 2.28. The molecule has 0 unspecified atom stereocenters. The lowest BCUT2D eigenvalue weighted by Crippen LogP contribution is -2.43. The first kappa shape index (κ1) is 12.8. The lowest BCUT2D eigenvalue weighted by atomic mass is 9.92. The summed E-state index contributed by atoms with van der Waals surface area (Å²) in [6, 6.07) is 0.826. The van der Waals surface area contributed by atoms with Crippen LogP contribution in [-0.4, -0.2) is 53.5 Å². The molecule has 1 aliphatic carbocycles. The van der Waals surface area contributed by atoms with E-state index in [9.17, 15) is 0 Å². The molecule has 1 aliphatic rings. The average Bonchev–Trinajstić information content (AvgIpc) is 2.35. The van der Waals surface area contributed by atoms with Gasteiger partial charge in [-0.15, -0.1) is 4.98 Å². The fraction of sp³-hybridized carbons (Fsp3) is 0.727. The third-order valence-electron chi connectivity index (χ3n) is 3.06. The maximum Gasteiger partial charge on any atom is 0.324 e. The smallest absolute Gasteiger partial charge is 0.324 e. The Bertz CT molecular complexity index is 376. The van der Waals surface area contributed by atoms with Crippen LogP contribution in [0.25, 0.3) is 0 Å². The van der Waals surface area contributed by atoms with Crippen LogP contribution in [0, 0.1) is 0 Å². The van der Waals surface area contributed by atoms with Crippen molar-refractivity contribution in [1.29, 1.82) is 0 Å². The third kappa shape index (κ3) is 2.61. The van der Waals surface area contributed by atoms with Crippen molar-refractivity contribution in [2.75, 3.05) is 32.3 Å². The third-order valence-corrected chi connectivity index (χ3v) is 3.06. The van der Waals surface area contributed by atoms with Crippen LogP contribution in [0.2, 0.25) is 0 Å². The molecule has 0 atom stereocenters. The van der Waals surface area contributed by atoms with E-state index in [-0.39, 0.29) is 18.6 Å². The van der Waals surface area contributed by atoms with Gasteiger partial charge in [-0.3, -0.25) is 0 Å². The van der Waals surface area contributed by atoms with E-state index in [2.05, 4.69) is 15.0 Å². The zero-order valence-corrected chi connectivity index (χ0v) is 10.7. The quantitative estimate of drug-likeness (QED) is 0.778. The summed E-state index contributed by atoms with van der Waals surface area (Å²) in [5.41, 5.74) is 0. The first-order chi connectivity index (χ1) is 8.78. The number of hydrogen-bond acceptors (Lipinski definition) is 7. The van der Waals surface area contributed by atoms with Crippen LogP contribution in [0.5, 0.6) is 12.0 Å². The maximum absolute atomic E-state index is 9.14. The molecule has 0 spiro atoms. The van der Waals surface area contributed by atoms with E-state index in [0.717, 1.165) is 12.8 Å². The van der Waals surface area contributed by atoms with E-state index in [4.69, 9.17) is 14.6 Å². The van der Waals surface area contributed by atoms with Crippen LogP contribution in [-0.2, 0) is 0 Å². The molecule has 0 aromatic carbocycles. The zero-order valence-electron chi connectivity index (χ0n) is 10.7. The molecule has 0 saturated heterocycles. The van der Waals surface area contributed by atoms with Gasteiger partial charge in [-0.25, -0.2) is 0 Å². The lowest BCUT2D eigenvalue weighted by Gasteiger charge is -2.37. The van der Waals surface area contributed by atoms with Gasteiger partial charge < -0.3 is 19.5 Å². The standard InChI is InChI=1S/C11H18N4O3/c1-17-10-12-9(13-11(14-10)18-2)15(6-7-16)8-4-3-5-8/h8,16H,3-7H2,1-2H3. The van der Waals surface area contributed by atoms with E-state index in [0.29, 0.717) is 18.5 Å². The van der Waals surface area contributed by atoms with Gasteiger partial charge in [0.2, 0.25) is 5.95 Å². The Labute approximate surface area is 106 Å². The lowest BCUT2D eigenvalue weighted by molar-refractivity contribution is 0.279. The molecule has 1 fully saturated rings. The number of anilines is 1. The average molecular weight is 254 g/mol. The topological polar surface area (TPSA) is 80.6 Å². The van der Waals surface area contributed by atoms with Crippen molar-refractivity contribution >= 4 is 5.95 Å². The van der Waals surface area contributed by atoms with Crippen molar-refractivity contribution < 1.29 is 14.6 Å². The van der Waals surface area contributed by atoms with Gasteiger partial charge in [-0.05, 0) is 19.3 Å². The van der Waals surface area contributed by atoms with Gasteiger partial charge in [0.05, 0.1) is 20.8 Å². The van der Waals surface area contributed by atoms with E-state index in [1.807, 2.05) is 4.90 Å². The number of ether oxygens (including phenoxy) is 2. The van der Waals surface area contributed by atoms with Gasteiger partial charge in [-0.1, -0.05) is 0 Å². The Hall–Kier alpha value is -1.63. The van der Waals surface area contributed by atoms with Gasteiger partial charge in [0, 0.05) is 12.6 Å². The predicted octanol–water partition coefficient (Wildman–Crippen LogP) is 0.240. The fourth-order valence-corrected chi connectivity index (χ4v) is 1.89. The van der Waals surface area contributed by atoms with Gasteiger partial charge in [0.1, 0.15) is 0 Å². The number of hydrogen-bond donors (Lipinski definition) is 1. The highest BCUT2D eigenvalue weighted by Gasteiger charge is 2.27. The van der Waals surface area contributed by atoms with E-state index < -0.39 is 0 Å². The molecule has 7 nitrogen and oxygen atoms in total. The van der Waals surface area contributed by atoms with Crippen LogP contribution in [0.15, 0.2) is 0 Å². The Morgan fingerprint density at radius 3 is 2.17 bits per heavy atom. The molecule has 1 heterocycles. The van der Waals surface area contributed by atoms with Crippen LogP contribution >= 0.6 is 0 Å². The molecular formula is C11H18N4O3. The van der Waals surface area contributed by atoms with Crippen molar-refractivity contribution in [2.45, 2.75) is 25.3 Å². The molecule has 0 bridgehead atoms. The Kier molecular flexibility index (Phi) is 4.14. The SMILES string of the molecule is COc1nc(OC)nc(N(CCO)C2CCC2)n1. The minimum Gasteiger partial charge on any atom is -0.467 e. The summed E-state index contributed by atoms with van der Waals surface area (Å²) in [6.45, 7) is 0.563. The van der Waals surface area contributed by atoms with Crippen LogP contribution in [0.1, 0.15) is 19.3 Å². The summed E-state index contributed by atoms with van der Waals surface area (Å²) in [6.07, 6.45) is 3.39. The zero-order chi connectivity index (χ0) is 13.0. The number of methoxy groups -OCH3 is 2. The summed E-state index contributed by atoms with van der Waals surface area (Å²) in [7, 11) is 3.00.